The van der Waals surface area contributed by atoms with Gasteiger partial charge in [-0.2, -0.15) is 0 Å². The molecule has 0 fully saturated rings. The molecule has 1 N–H and O–H groups in total. The molecule has 0 unspecified atom stereocenters. The Morgan fingerprint density at radius 3 is 2.32 bits per heavy atom. The van der Waals surface area contributed by atoms with Crippen molar-refractivity contribution in [1.82, 2.24) is 4.72 Å². The Morgan fingerprint density at radius 1 is 1.06 bits per heavy atom. The third kappa shape index (κ3) is 4.69. The van der Waals surface area contributed by atoms with Gasteiger partial charge in [-0.15, -0.1) is 0 Å². The molecule has 0 atom stereocenters. The third-order valence-electron chi connectivity index (χ3n) is 4.92. The van der Waals surface area contributed by atoms with Gasteiger partial charge >= 0.3 is 5.97 Å². The van der Waals surface area contributed by atoms with Crippen molar-refractivity contribution >= 4 is 33.5 Å². The number of carbonyl (C=O) groups is 2. The fourth-order valence-electron chi connectivity index (χ4n) is 3.55. The van der Waals surface area contributed by atoms with Gasteiger partial charge in [-0.05, 0) is 65.9 Å². The van der Waals surface area contributed by atoms with E-state index in [1.165, 1.54) is 19.2 Å². The molecular weight excluding hydrogens is 418 g/mol. The first-order valence-corrected chi connectivity index (χ1v) is 11.0. The van der Waals surface area contributed by atoms with E-state index in [-0.39, 0.29) is 4.90 Å². The summed E-state index contributed by atoms with van der Waals surface area (Å²) < 4.78 is 36.6. The molecule has 1 aliphatic carbocycles. The molecule has 7 nitrogen and oxygen atoms in total. The van der Waals surface area contributed by atoms with Crippen LogP contribution in [0.4, 0.5) is 0 Å². The molecule has 0 radical (unpaired) electrons. The van der Waals surface area contributed by atoms with Crippen LogP contribution in [0.2, 0.25) is 0 Å². The normalized spacial score (nSPS) is 13.6. The lowest BCUT2D eigenvalue weighted by molar-refractivity contribution is -0.135. The van der Waals surface area contributed by atoms with Crippen molar-refractivity contribution in [2.75, 3.05) is 14.2 Å². The number of ether oxygens (including phenoxy) is 2. The number of nitrogens with one attached hydrogen (secondary N) is 1. The summed E-state index contributed by atoms with van der Waals surface area (Å²) in [6.45, 7) is 3.09. The quantitative estimate of drug-likeness (QED) is 0.546. The van der Waals surface area contributed by atoms with E-state index in [0.29, 0.717) is 23.3 Å². The van der Waals surface area contributed by atoms with Crippen LogP contribution in [0.3, 0.4) is 0 Å². The maximum Gasteiger partial charge on any atom is 0.338 e. The summed E-state index contributed by atoms with van der Waals surface area (Å²) in [5, 5.41) is 0. The molecular formula is C23H23NO6S. The Morgan fingerprint density at radius 2 is 1.74 bits per heavy atom. The smallest absolute Gasteiger partial charge is 0.338 e. The van der Waals surface area contributed by atoms with Crippen molar-refractivity contribution in [3.63, 3.8) is 0 Å². The number of sulfonamides is 1. The molecule has 0 spiro atoms. The van der Waals surface area contributed by atoms with Crippen LogP contribution < -0.4 is 9.46 Å². The fourth-order valence-corrected chi connectivity index (χ4v) is 4.54. The zero-order valence-electron chi connectivity index (χ0n) is 17.7. The van der Waals surface area contributed by atoms with E-state index in [4.69, 9.17) is 9.47 Å². The van der Waals surface area contributed by atoms with Crippen LogP contribution in [0.15, 0.2) is 58.5 Å². The highest BCUT2D eigenvalue weighted by Crippen LogP contribution is 2.40. The molecule has 2 aromatic rings. The van der Waals surface area contributed by atoms with Gasteiger partial charge in [0.25, 0.3) is 10.0 Å². The lowest BCUT2D eigenvalue weighted by Gasteiger charge is -2.12. The monoisotopic (exact) mass is 441 g/mol. The van der Waals surface area contributed by atoms with Crippen molar-refractivity contribution in [2.24, 2.45) is 0 Å². The molecule has 31 heavy (non-hydrogen) atoms. The summed E-state index contributed by atoms with van der Waals surface area (Å²) in [6, 6.07) is 11.6. The SMILES string of the molecule is COC(=O)C(=Cc1ccc(S(=O)(=O)NC(C)=O)cc1)C1=C(C)Cc2ccc(OC)cc21. The Balaban J connectivity index is 2.05. The Bertz CT molecular complexity index is 1210. The second kappa shape index (κ2) is 8.77. The van der Waals surface area contributed by atoms with E-state index >= 15 is 0 Å². The Hall–Kier alpha value is -3.39. The van der Waals surface area contributed by atoms with Crippen LogP contribution in [0, 0.1) is 0 Å². The second-order valence-electron chi connectivity index (χ2n) is 7.14. The topological polar surface area (TPSA) is 98.8 Å². The Labute approximate surface area is 181 Å². The molecule has 0 heterocycles. The highest BCUT2D eigenvalue weighted by atomic mass is 32.2. The summed E-state index contributed by atoms with van der Waals surface area (Å²) in [5.41, 5.74) is 4.75. The maximum absolute atomic E-state index is 12.7. The zero-order valence-corrected chi connectivity index (χ0v) is 18.5. The van der Waals surface area contributed by atoms with Gasteiger partial charge in [-0.25, -0.2) is 17.9 Å². The van der Waals surface area contributed by atoms with Gasteiger partial charge in [-0.1, -0.05) is 23.8 Å². The van der Waals surface area contributed by atoms with Crippen molar-refractivity contribution < 1.29 is 27.5 Å². The number of fused-ring (bicyclic) bond motifs is 1. The standard InChI is InChI=1S/C23H23NO6S/c1-14-11-17-7-8-18(29-3)13-20(17)22(14)21(23(26)30-4)12-16-5-9-19(10-6-16)31(27,28)24-15(2)25/h5-10,12-13H,11H2,1-4H3,(H,24,25). The van der Waals surface area contributed by atoms with Crippen LogP contribution in [-0.4, -0.2) is 34.5 Å². The molecule has 0 aromatic heterocycles. The van der Waals surface area contributed by atoms with E-state index in [2.05, 4.69) is 0 Å². The molecule has 0 saturated carbocycles. The fraction of sp³-hybridized carbons (Fsp3) is 0.217. The minimum atomic E-state index is -3.93. The predicted molar refractivity (Wildman–Crippen MR) is 117 cm³/mol. The minimum Gasteiger partial charge on any atom is -0.497 e. The number of esters is 1. The average molecular weight is 442 g/mol. The summed E-state index contributed by atoms with van der Waals surface area (Å²) in [7, 11) is -1.03. The van der Waals surface area contributed by atoms with Gasteiger partial charge in [0.1, 0.15) is 5.75 Å². The summed E-state index contributed by atoms with van der Waals surface area (Å²) in [6.07, 6.45) is 2.37. The average Bonchev–Trinajstić information content (AvgIpc) is 3.05. The lowest BCUT2D eigenvalue weighted by atomic mass is 9.95. The molecule has 0 aliphatic heterocycles. The molecule has 1 aliphatic rings. The highest BCUT2D eigenvalue weighted by molar-refractivity contribution is 7.90. The number of rotatable bonds is 6. The summed E-state index contributed by atoms with van der Waals surface area (Å²) >= 11 is 0. The van der Waals surface area contributed by atoms with E-state index in [1.54, 1.807) is 25.3 Å². The van der Waals surface area contributed by atoms with Crippen molar-refractivity contribution in [1.29, 1.82) is 0 Å². The van der Waals surface area contributed by atoms with E-state index in [1.807, 2.05) is 29.8 Å². The first kappa shape index (κ1) is 22.3. The van der Waals surface area contributed by atoms with E-state index < -0.39 is 21.9 Å². The van der Waals surface area contributed by atoms with Crippen LogP contribution in [0.25, 0.3) is 11.6 Å². The molecule has 8 heteroatoms. The number of carbonyl (C=O) groups excluding carboxylic acids is 2. The number of amides is 1. The van der Waals surface area contributed by atoms with Crippen molar-refractivity contribution in [3.05, 3.63) is 70.3 Å². The zero-order chi connectivity index (χ0) is 22.8. The van der Waals surface area contributed by atoms with Gasteiger partial charge in [0.2, 0.25) is 5.91 Å². The predicted octanol–water partition coefficient (Wildman–Crippen LogP) is 3.11. The van der Waals surface area contributed by atoms with Crippen molar-refractivity contribution in [2.45, 2.75) is 25.2 Å². The van der Waals surface area contributed by atoms with Gasteiger partial charge in [-0.3, -0.25) is 4.79 Å². The van der Waals surface area contributed by atoms with Crippen LogP contribution >= 0.6 is 0 Å². The Kier molecular flexibility index (Phi) is 6.31. The molecule has 0 saturated heterocycles. The molecule has 3 rings (SSSR count). The number of allylic oxidation sites excluding steroid dienone is 1. The largest absolute Gasteiger partial charge is 0.497 e. The molecule has 2 aromatic carbocycles. The summed E-state index contributed by atoms with van der Waals surface area (Å²) in [4.78, 5) is 23.7. The highest BCUT2D eigenvalue weighted by Gasteiger charge is 2.27. The molecule has 0 bridgehead atoms. The van der Waals surface area contributed by atoms with Gasteiger partial charge in [0, 0.05) is 6.92 Å². The second-order valence-corrected chi connectivity index (χ2v) is 8.82. The number of methoxy groups -OCH3 is 2. The maximum atomic E-state index is 12.7. The molecule has 1 amide bonds. The van der Waals surface area contributed by atoms with Crippen LogP contribution in [0.5, 0.6) is 5.75 Å². The molecule has 162 valence electrons. The van der Waals surface area contributed by atoms with Gasteiger partial charge in [0.15, 0.2) is 0 Å². The van der Waals surface area contributed by atoms with Gasteiger partial charge in [0.05, 0.1) is 24.7 Å². The van der Waals surface area contributed by atoms with Gasteiger partial charge < -0.3 is 9.47 Å². The third-order valence-corrected chi connectivity index (χ3v) is 6.37. The number of hydrogen-bond acceptors (Lipinski definition) is 6. The van der Waals surface area contributed by atoms with E-state index in [0.717, 1.165) is 29.2 Å². The van der Waals surface area contributed by atoms with Crippen LogP contribution in [-0.2, 0) is 30.8 Å². The number of benzene rings is 2. The summed E-state index contributed by atoms with van der Waals surface area (Å²) in [5.74, 6) is -0.489. The first-order chi connectivity index (χ1) is 14.7. The van der Waals surface area contributed by atoms with Crippen LogP contribution in [0.1, 0.15) is 30.5 Å². The van der Waals surface area contributed by atoms with Crippen molar-refractivity contribution in [3.8, 4) is 5.75 Å². The minimum absolute atomic E-state index is 0.0502. The number of hydrogen-bond donors (Lipinski definition) is 1. The van der Waals surface area contributed by atoms with E-state index in [9.17, 15) is 18.0 Å². The lowest BCUT2D eigenvalue weighted by Crippen LogP contribution is -2.28. The first-order valence-electron chi connectivity index (χ1n) is 9.47.